The molecule has 0 aliphatic heterocycles. The quantitative estimate of drug-likeness (QED) is 0.618. The van der Waals surface area contributed by atoms with Gasteiger partial charge in [0.1, 0.15) is 5.78 Å². The van der Waals surface area contributed by atoms with Crippen molar-refractivity contribution in [2.24, 2.45) is 5.41 Å². The van der Waals surface area contributed by atoms with Crippen LogP contribution < -0.4 is 0 Å². The van der Waals surface area contributed by atoms with Crippen molar-refractivity contribution < 1.29 is 14.3 Å². The van der Waals surface area contributed by atoms with Crippen molar-refractivity contribution in [3.63, 3.8) is 0 Å². The second-order valence-electron chi connectivity index (χ2n) is 4.38. The van der Waals surface area contributed by atoms with E-state index in [0.29, 0.717) is 6.61 Å². The van der Waals surface area contributed by atoms with Gasteiger partial charge in [0.2, 0.25) is 0 Å². The molecular formula is C11H20O3. The van der Waals surface area contributed by atoms with E-state index in [0.717, 1.165) is 6.42 Å². The first kappa shape index (κ1) is 13.1. The second kappa shape index (κ2) is 5.78. The Morgan fingerprint density at radius 1 is 1.21 bits per heavy atom. The van der Waals surface area contributed by atoms with Gasteiger partial charge in [-0.25, -0.2) is 0 Å². The Morgan fingerprint density at radius 3 is 2.21 bits per heavy atom. The van der Waals surface area contributed by atoms with Crippen LogP contribution in [0.15, 0.2) is 0 Å². The molecule has 0 fully saturated rings. The molecule has 0 unspecified atom stereocenters. The van der Waals surface area contributed by atoms with Crippen LogP contribution in [0, 0.1) is 5.41 Å². The molecule has 0 heterocycles. The highest BCUT2D eigenvalue weighted by atomic mass is 16.5. The molecule has 82 valence electrons. The van der Waals surface area contributed by atoms with E-state index in [1.54, 1.807) is 0 Å². The highest BCUT2D eigenvalue weighted by molar-refractivity contribution is 5.80. The SMILES string of the molecule is CCC(C)(C)COC(=O)CCC(C)=O. The zero-order chi connectivity index (χ0) is 11.2. The molecule has 0 aromatic rings. The fraction of sp³-hybridized carbons (Fsp3) is 0.818. The van der Waals surface area contributed by atoms with Gasteiger partial charge in [0.05, 0.1) is 13.0 Å². The van der Waals surface area contributed by atoms with Gasteiger partial charge < -0.3 is 9.53 Å². The standard InChI is InChI=1S/C11H20O3/c1-5-11(3,4)8-14-10(13)7-6-9(2)12/h5-8H2,1-4H3. The Labute approximate surface area is 85.8 Å². The zero-order valence-electron chi connectivity index (χ0n) is 9.55. The summed E-state index contributed by atoms with van der Waals surface area (Å²) in [6, 6.07) is 0. The Bertz CT molecular complexity index is 207. The molecule has 0 radical (unpaired) electrons. The van der Waals surface area contributed by atoms with Gasteiger partial charge in [0, 0.05) is 6.42 Å². The molecule has 0 bridgehead atoms. The van der Waals surface area contributed by atoms with Gasteiger partial charge in [-0.2, -0.15) is 0 Å². The van der Waals surface area contributed by atoms with Crippen molar-refractivity contribution in [2.75, 3.05) is 6.61 Å². The predicted molar refractivity (Wildman–Crippen MR) is 54.9 cm³/mol. The molecule has 0 aromatic heterocycles. The molecular weight excluding hydrogens is 180 g/mol. The number of Topliss-reactive ketones (excluding diaryl/α,β-unsaturated/α-hetero) is 1. The lowest BCUT2D eigenvalue weighted by molar-refractivity contribution is -0.147. The topological polar surface area (TPSA) is 43.4 Å². The summed E-state index contributed by atoms with van der Waals surface area (Å²) in [6.45, 7) is 8.06. The summed E-state index contributed by atoms with van der Waals surface area (Å²) in [7, 11) is 0. The summed E-state index contributed by atoms with van der Waals surface area (Å²) in [5.74, 6) is -0.251. The van der Waals surface area contributed by atoms with Crippen LogP contribution in [0.3, 0.4) is 0 Å². The van der Waals surface area contributed by atoms with E-state index in [4.69, 9.17) is 4.74 Å². The maximum absolute atomic E-state index is 11.1. The van der Waals surface area contributed by atoms with E-state index in [1.165, 1.54) is 6.92 Å². The number of carbonyl (C=O) groups excluding carboxylic acids is 2. The van der Waals surface area contributed by atoms with Crippen LogP contribution in [0.1, 0.15) is 47.0 Å². The lowest BCUT2D eigenvalue weighted by Gasteiger charge is -2.21. The first-order chi connectivity index (χ1) is 6.37. The Balaban J connectivity index is 3.69. The smallest absolute Gasteiger partial charge is 0.306 e. The molecule has 0 atom stereocenters. The van der Waals surface area contributed by atoms with Gasteiger partial charge in [-0.05, 0) is 18.8 Å². The number of hydrogen-bond acceptors (Lipinski definition) is 3. The minimum absolute atomic E-state index is 0.0247. The summed E-state index contributed by atoms with van der Waals surface area (Å²) in [6.07, 6.45) is 1.45. The Morgan fingerprint density at radius 2 is 1.79 bits per heavy atom. The lowest BCUT2D eigenvalue weighted by Crippen LogP contribution is -2.21. The summed E-state index contributed by atoms with van der Waals surface area (Å²) >= 11 is 0. The van der Waals surface area contributed by atoms with Crippen molar-refractivity contribution in [3.8, 4) is 0 Å². The largest absolute Gasteiger partial charge is 0.465 e. The molecule has 0 amide bonds. The van der Waals surface area contributed by atoms with Gasteiger partial charge in [-0.15, -0.1) is 0 Å². The minimum atomic E-state index is -0.276. The number of esters is 1. The third kappa shape index (κ3) is 6.63. The van der Waals surface area contributed by atoms with E-state index in [-0.39, 0.29) is 30.0 Å². The van der Waals surface area contributed by atoms with Crippen molar-refractivity contribution in [2.45, 2.75) is 47.0 Å². The molecule has 3 heteroatoms. The van der Waals surface area contributed by atoms with Crippen molar-refractivity contribution in [1.29, 1.82) is 0 Å². The normalized spacial score (nSPS) is 11.1. The molecule has 0 spiro atoms. The number of carbonyl (C=O) groups is 2. The van der Waals surface area contributed by atoms with Gasteiger partial charge in [0.25, 0.3) is 0 Å². The van der Waals surface area contributed by atoms with E-state index in [9.17, 15) is 9.59 Å². The molecule has 14 heavy (non-hydrogen) atoms. The fourth-order valence-electron chi connectivity index (χ4n) is 0.728. The van der Waals surface area contributed by atoms with Crippen LogP contribution in [-0.4, -0.2) is 18.4 Å². The molecule has 0 rings (SSSR count). The highest BCUT2D eigenvalue weighted by Gasteiger charge is 2.17. The summed E-state index contributed by atoms with van der Waals surface area (Å²) in [5, 5.41) is 0. The number of ketones is 1. The van der Waals surface area contributed by atoms with Gasteiger partial charge in [0.15, 0.2) is 0 Å². The first-order valence-electron chi connectivity index (χ1n) is 5.02. The monoisotopic (exact) mass is 200 g/mol. The van der Waals surface area contributed by atoms with Crippen molar-refractivity contribution in [3.05, 3.63) is 0 Å². The average Bonchev–Trinajstić information content (AvgIpc) is 2.11. The molecule has 0 aromatic carbocycles. The molecule has 3 nitrogen and oxygen atoms in total. The maximum Gasteiger partial charge on any atom is 0.306 e. The van der Waals surface area contributed by atoms with Crippen LogP contribution >= 0.6 is 0 Å². The zero-order valence-corrected chi connectivity index (χ0v) is 9.55. The summed E-state index contributed by atoms with van der Waals surface area (Å²) < 4.78 is 5.06. The molecule has 0 saturated carbocycles. The third-order valence-electron chi connectivity index (χ3n) is 2.26. The predicted octanol–water partition coefficient (Wildman–Crippen LogP) is 2.33. The Hall–Kier alpha value is -0.860. The average molecular weight is 200 g/mol. The summed E-state index contributed by atoms with van der Waals surface area (Å²) in [5.41, 5.74) is 0.0336. The van der Waals surface area contributed by atoms with Gasteiger partial charge >= 0.3 is 5.97 Å². The van der Waals surface area contributed by atoms with Crippen molar-refractivity contribution >= 4 is 11.8 Å². The first-order valence-corrected chi connectivity index (χ1v) is 5.02. The van der Waals surface area contributed by atoms with Gasteiger partial charge in [-0.1, -0.05) is 20.8 Å². The summed E-state index contributed by atoms with van der Waals surface area (Å²) in [4.78, 5) is 21.7. The van der Waals surface area contributed by atoms with E-state index in [1.807, 2.05) is 13.8 Å². The van der Waals surface area contributed by atoms with Crippen LogP contribution in [0.25, 0.3) is 0 Å². The van der Waals surface area contributed by atoms with Gasteiger partial charge in [-0.3, -0.25) is 4.79 Å². The number of rotatable bonds is 6. The highest BCUT2D eigenvalue weighted by Crippen LogP contribution is 2.19. The van der Waals surface area contributed by atoms with E-state index < -0.39 is 0 Å². The van der Waals surface area contributed by atoms with Crippen LogP contribution in [-0.2, 0) is 14.3 Å². The van der Waals surface area contributed by atoms with Crippen LogP contribution in [0.5, 0.6) is 0 Å². The lowest BCUT2D eigenvalue weighted by atomic mass is 9.92. The molecule has 0 saturated heterocycles. The third-order valence-corrected chi connectivity index (χ3v) is 2.26. The maximum atomic E-state index is 11.1. The van der Waals surface area contributed by atoms with Crippen molar-refractivity contribution in [1.82, 2.24) is 0 Å². The number of hydrogen-bond donors (Lipinski definition) is 0. The number of ether oxygens (including phenoxy) is 1. The van der Waals surface area contributed by atoms with Crippen LogP contribution in [0.2, 0.25) is 0 Å². The van der Waals surface area contributed by atoms with Crippen LogP contribution in [0.4, 0.5) is 0 Å². The fourth-order valence-corrected chi connectivity index (χ4v) is 0.728. The van der Waals surface area contributed by atoms with E-state index >= 15 is 0 Å². The Kier molecular flexibility index (Phi) is 5.43. The molecule has 0 N–H and O–H groups in total. The molecule has 0 aliphatic carbocycles. The molecule has 0 aliphatic rings. The minimum Gasteiger partial charge on any atom is -0.465 e. The van der Waals surface area contributed by atoms with E-state index in [2.05, 4.69) is 6.92 Å². The second-order valence-corrected chi connectivity index (χ2v) is 4.38.